The Hall–Kier alpha value is -2.72. The summed E-state index contributed by atoms with van der Waals surface area (Å²) in [5.74, 6) is -0.608. The first-order valence-electron chi connectivity index (χ1n) is 13.7. The molecule has 0 bridgehead atoms. The summed E-state index contributed by atoms with van der Waals surface area (Å²) in [5, 5.41) is 12.1. The standard InChI is InChI=1S/C28H39N5O4S/c1-20(2)18-23(24(35)26-30-31-27(37-26)38-22-12-16-32(3)17-13-22)33(19-34)28(14-8-5-9-15-28)29-25(36)21-10-6-4-7-11-21/h4,6-7,10-11,19-20,22-23H,5,8-9,12-18H2,1-3H3,(H,29,36). The predicted octanol–water partition coefficient (Wildman–Crippen LogP) is 4.40. The van der Waals surface area contributed by atoms with E-state index in [1.807, 2.05) is 32.0 Å². The van der Waals surface area contributed by atoms with Crippen LogP contribution >= 0.6 is 11.8 Å². The van der Waals surface area contributed by atoms with E-state index in [0.29, 0.717) is 41.7 Å². The van der Waals surface area contributed by atoms with Gasteiger partial charge in [-0.3, -0.25) is 14.4 Å². The molecule has 2 amide bonds. The second-order valence-corrected chi connectivity index (χ2v) is 12.2. The number of likely N-dealkylation sites (tertiary alicyclic amines) is 1. The minimum atomic E-state index is -0.964. The number of hydrogen-bond donors (Lipinski definition) is 1. The van der Waals surface area contributed by atoms with Gasteiger partial charge in [0, 0.05) is 10.8 Å². The number of hydrogen-bond acceptors (Lipinski definition) is 8. The number of piperidine rings is 1. The predicted molar refractivity (Wildman–Crippen MR) is 146 cm³/mol. The van der Waals surface area contributed by atoms with Crippen LogP contribution in [0.1, 0.15) is 86.3 Å². The number of aromatic nitrogens is 2. The van der Waals surface area contributed by atoms with E-state index >= 15 is 0 Å². The van der Waals surface area contributed by atoms with Crippen LogP contribution in [-0.2, 0) is 4.79 Å². The Labute approximate surface area is 229 Å². The smallest absolute Gasteiger partial charge is 0.286 e. The first-order valence-corrected chi connectivity index (χ1v) is 14.5. The molecular formula is C28H39N5O4S. The number of nitrogens with one attached hydrogen (secondary N) is 1. The molecule has 1 atom stereocenters. The maximum Gasteiger partial charge on any atom is 0.286 e. The molecular weight excluding hydrogens is 502 g/mol. The van der Waals surface area contributed by atoms with Crippen LogP contribution in [0, 0.1) is 5.92 Å². The van der Waals surface area contributed by atoms with E-state index in [1.54, 1.807) is 12.1 Å². The van der Waals surface area contributed by atoms with Gasteiger partial charge in [-0.05, 0) is 83.1 Å². The molecule has 1 aliphatic carbocycles. The molecule has 2 heterocycles. The average Bonchev–Trinajstić information content (AvgIpc) is 3.38. The molecule has 2 aromatic rings. The normalized spacial score (nSPS) is 19.2. The molecule has 0 radical (unpaired) electrons. The van der Waals surface area contributed by atoms with Gasteiger partial charge in [0.25, 0.3) is 17.0 Å². The average molecular weight is 542 g/mol. The Kier molecular flexibility index (Phi) is 9.59. The summed E-state index contributed by atoms with van der Waals surface area (Å²) in [7, 11) is 2.11. The molecule has 0 spiro atoms. The molecule has 1 N–H and O–H groups in total. The van der Waals surface area contributed by atoms with E-state index in [4.69, 9.17) is 4.42 Å². The topological polar surface area (TPSA) is 109 Å². The van der Waals surface area contributed by atoms with E-state index < -0.39 is 11.7 Å². The molecule has 1 aromatic heterocycles. The van der Waals surface area contributed by atoms with Gasteiger partial charge in [-0.15, -0.1) is 10.2 Å². The highest BCUT2D eigenvalue weighted by Crippen LogP contribution is 2.35. The van der Waals surface area contributed by atoms with E-state index in [0.717, 1.165) is 45.2 Å². The van der Waals surface area contributed by atoms with Gasteiger partial charge in [-0.25, -0.2) is 0 Å². The van der Waals surface area contributed by atoms with Gasteiger partial charge in [0.1, 0.15) is 11.7 Å². The lowest BCUT2D eigenvalue weighted by molar-refractivity contribution is -0.129. The fourth-order valence-corrected chi connectivity index (χ4v) is 6.42. The van der Waals surface area contributed by atoms with Crippen molar-refractivity contribution in [2.45, 2.75) is 87.4 Å². The number of amides is 2. The maximum atomic E-state index is 13.8. The lowest BCUT2D eigenvalue weighted by Crippen LogP contribution is -2.65. The first-order chi connectivity index (χ1) is 18.3. The molecule has 9 nitrogen and oxygen atoms in total. The minimum Gasteiger partial charge on any atom is -0.408 e. The van der Waals surface area contributed by atoms with Crippen LogP contribution in [0.3, 0.4) is 0 Å². The van der Waals surface area contributed by atoms with E-state index in [1.165, 1.54) is 16.7 Å². The molecule has 1 aromatic carbocycles. The molecule has 1 unspecified atom stereocenters. The van der Waals surface area contributed by atoms with Crippen molar-refractivity contribution in [2.24, 2.45) is 5.92 Å². The monoisotopic (exact) mass is 541 g/mol. The first kappa shape index (κ1) is 28.3. The zero-order chi connectivity index (χ0) is 27.1. The van der Waals surface area contributed by atoms with E-state index in [2.05, 4.69) is 27.5 Å². The van der Waals surface area contributed by atoms with Gasteiger partial charge >= 0.3 is 0 Å². The lowest BCUT2D eigenvalue weighted by atomic mass is 9.84. The summed E-state index contributed by atoms with van der Waals surface area (Å²) in [6.07, 6.45) is 7.03. The van der Waals surface area contributed by atoms with Gasteiger partial charge < -0.3 is 19.5 Å². The molecule has 2 aliphatic rings. The second-order valence-electron chi connectivity index (χ2n) is 10.9. The lowest BCUT2D eigenvalue weighted by Gasteiger charge is -2.48. The SMILES string of the molecule is CC(C)CC(C(=O)c1nnc(SC2CCN(C)CC2)o1)N(C=O)C1(NC(=O)c2ccccc2)CCCCC1. The number of rotatable bonds is 11. The zero-order valence-electron chi connectivity index (χ0n) is 22.6. The minimum absolute atomic E-state index is 0.0849. The van der Waals surface area contributed by atoms with Crippen LogP contribution in [0.4, 0.5) is 0 Å². The highest BCUT2D eigenvalue weighted by Gasteiger charge is 2.45. The molecule has 2 fully saturated rings. The van der Waals surface area contributed by atoms with E-state index in [-0.39, 0.29) is 23.5 Å². The molecule has 4 rings (SSSR count). The highest BCUT2D eigenvalue weighted by molar-refractivity contribution is 7.99. The summed E-state index contributed by atoms with van der Waals surface area (Å²) in [6.45, 7) is 6.04. The van der Waals surface area contributed by atoms with Crippen LogP contribution in [0.25, 0.3) is 0 Å². The maximum absolute atomic E-state index is 13.8. The number of carbonyl (C=O) groups excluding carboxylic acids is 3. The summed E-state index contributed by atoms with van der Waals surface area (Å²) < 4.78 is 5.85. The number of benzene rings is 1. The van der Waals surface area contributed by atoms with Crippen molar-refractivity contribution in [2.75, 3.05) is 20.1 Å². The fourth-order valence-electron chi connectivity index (χ4n) is 5.47. The largest absolute Gasteiger partial charge is 0.408 e. The van der Waals surface area contributed by atoms with Crippen LogP contribution < -0.4 is 5.32 Å². The third-order valence-electron chi connectivity index (χ3n) is 7.55. The Bertz CT molecular complexity index is 1080. The number of thioether (sulfide) groups is 1. The zero-order valence-corrected chi connectivity index (χ0v) is 23.4. The van der Waals surface area contributed by atoms with Crippen molar-refractivity contribution in [1.29, 1.82) is 0 Å². The molecule has 1 saturated heterocycles. The molecule has 1 aliphatic heterocycles. The van der Waals surface area contributed by atoms with Crippen LogP contribution in [0.5, 0.6) is 0 Å². The van der Waals surface area contributed by atoms with Crippen molar-refractivity contribution in [3.63, 3.8) is 0 Å². The van der Waals surface area contributed by atoms with Gasteiger partial charge in [-0.1, -0.05) is 50.2 Å². The van der Waals surface area contributed by atoms with Crippen molar-refractivity contribution in [3.8, 4) is 0 Å². The number of Topliss-reactive ketones (excluding diaryl/α,β-unsaturated/α-hetero) is 1. The van der Waals surface area contributed by atoms with Gasteiger partial charge in [-0.2, -0.15) is 0 Å². The van der Waals surface area contributed by atoms with E-state index in [9.17, 15) is 14.4 Å². The Morgan fingerprint density at radius 3 is 2.47 bits per heavy atom. The molecule has 206 valence electrons. The number of carbonyl (C=O) groups is 3. The number of ketones is 1. The van der Waals surface area contributed by atoms with Crippen molar-refractivity contribution in [3.05, 3.63) is 41.8 Å². The third-order valence-corrected chi connectivity index (χ3v) is 8.73. The van der Waals surface area contributed by atoms with Crippen LogP contribution in [-0.4, -0.2) is 75.2 Å². The van der Waals surface area contributed by atoms with Gasteiger partial charge in [0.05, 0.1) is 0 Å². The summed E-state index contributed by atoms with van der Waals surface area (Å²) in [5.41, 5.74) is -0.448. The van der Waals surface area contributed by atoms with Crippen molar-refractivity contribution < 1.29 is 18.8 Å². The van der Waals surface area contributed by atoms with Crippen LogP contribution in [0.15, 0.2) is 40.0 Å². The molecule has 10 heteroatoms. The van der Waals surface area contributed by atoms with Crippen molar-refractivity contribution in [1.82, 2.24) is 25.3 Å². The van der Waals surface area contributed by atoms with Crippen molar-refractivity contribution >= 4 is 29.9 Å². The summed E-state index contributed by atoms with van der Waals surface area (Å²) in [4.78, 5) is 43.6. The Balaban J connectivity index is 1.58. The highest BCUT2D eigenvalue weighted by atomic mass is 32.2. The summed E-state index contributed by atoms with van der Waals surface area (Å²) in [6, 6.07) is 8.13. The third kappa shape index (κ3) is 6.83. The van der Waals surface area contributed by atoms with Gasteiger partial charge in [0.2, 0.25) is 12.2 Å². The second kappa shape index (κ2) is 12.9. The fraction of sp³-hybridized carbons (Fsp3) is 0.607. The van der Waals surface area contributed by atoms with Crippen LogP contribution in [0.2, 0.25) is 0 Å². The molecule has 38 heavy (non-hydrogen) atoms. The molecule has 1 saturated carbocycles. The quantitative estimate of drug-likeness (QED) is 0.253. The Morgan fingerprint density at radius 1 is 1.16 bits per heavy atom. The Morgan fingerprint density at radius 2 is 1.84 bits per heavy atom. The van der Waals surface area contributed by atoms with Gasteiger partial charge in [0.15, 0.2) is 0 Å². The number of nitrogens with zero attached hydrogens (tertiary/aromatic N) is 4. The summed E-state index contributed by atoms with van der Waals surface area (Å²) >= 11 is 1.52.